The molecule has 2 aromatic rings. The third kappa shape index (κ3) is 2.86. The first kappa shape index (κ1) is 17.2. The van der Waals surface area contributed by atoms with Gasteiger partial charge in [-0.1, -0.05) is 30.3 Å². The van der Waals surface area contributed by atoms with Crippen LogP contribution in [0.1, 0.15) is 5.56 Å². The van der Waals surface area contributed by atoms with E-state index in [4.69, 9.17) is 0 Å². The Kier molecular flexibility index (Phi) is 4.37. The monoisotopic (exact) mass is 376 g/mol. The topological polar surface area (TPSA) is 65.9 Å². The van der Waals surface area contributed by atoms with Crippen molar-refractivity contribution in [1.29, 1.82) is 0 Å². The number of thioether (sulfide) groups is 1. The van der Waals surface area contributed by atoms with Gasteiger partial charge in [0.2, 0.25) is 0 Å². The number of hydrogen-bond donors (Lipinski definition) is 0. The molecule has 2 aliphatic heterocycles. The zero-order valence-corrected chi connectivity index (χ0v) is 15.4. The summed E-state index contributed by atoms with van der Waals surface area (Å²) in [5.74, 6) is 0.0658. The Labute approximate surface area is 160 Å². The second-order valence-electron chi connectivity index (χ2n) is 5.97. The SMILES string of the molecule is C=CCN1C(=O)/C(=C2/C(=O)N(C)c3ccccc32)S/C1=N/c1ccccn1. The predicted octanol–water partition coefficient (Wildman–Crippen LogP) is 3.22. The molecule has 0 unspecified atom stereocenters. The molecule has 134 valence electrons. The fraction of sp³-hybridized carbons (Fsp3) is 0.100. The third-order valence-electron chi connectivity index (χ3n) is 4.32. The van der Waals surface area contributed by atoms with Gasteiger partial charge in [-0.25, -0.2) is 9.98 Å². The molecule has 3 heterocycles. The molecule has 1 aromatic carbocycles. The Bertz CT molecular complexity index is 1010. The summed E-state index contributed by atoms with van der Waals surface area (Å²) in [6.45, 7) is 4.03. The van der Waals surface area contributed by atoms with Gasteiger partial charge in [0.25, 0.3) is 11.8 Å². The average Bonchev–Trinajstić information content (AvgIpc) is 3.12. The van der Waals surface area contributed by atoms with Crippen LogP contribution in [-0.4, -0.2) is 40.5 Å². The van der Waals surface area contributed by atoms with E-state index in [1.54, 1.807) is 36.4 Å². The van der Waals surface area contributed by atoms with Crippen LogP contribution < -0.4 is 4.90 Å². The van der Waals surface area contributed by atoms with Crippen LogP contribution >= 0.6 is 11.8 Å². The zero-order chi connectivity index (χ0) is 19.0. The van der Waals surface area contributed by atoms with E-state index in [1.165, 1.54) is 16.7 Å². The summed E-state index contributed by atoms with van der Waals surface area (Å²) in [4.78, 5) is 38.1. The molecule has 7 heteroatoms. The second-order valence-corrected chi connectivity index (χ2v) is 6.95. The molecule has 4 rings (SSSR count). The van der Waals surface area contributed by atoms with Gasteiger partial charge < -0.3 is 4.90 Å². The van der Waals surface area contributed by atoms with Crippen molar-refractivity contribution in [1.82, 2.24) is 9.88 Å². The van der Waals surface area contributed by atoms with E-state index in [2.05, 4.69) is 16.6 Å². The van der Waals surface area contributed by atoms with Gasteiger partial charge in [0.05, 0.1) is 16.2 Å². The van der Waals surface area contributed by atoms with Crippen LogP contribution in [-0.2, 0) is 9.59 Å². The van der Waals surface area contributed by atoms with E-state index < -0.39 is 0 Å². The van der Waals surface area contributed by atoms with Gasteiger partial charge in [0.15, 0.2) is 11.0 Å². The van der Waals surface area contributed by atoms with Crippen molar-refractivity contribution in [3.05, 3.63) is 71.8 Å². The first-order valence-corrected chi connectivity index (χ1v) is 9.15. The molecule has 1 saturated heterocycles. The van der Waals surface area contributed by atoms with Crippen molar-refractivity contribution in [2.24, 2.45) is 4.99 Å². The van der Waals surface area contributed by atoms with E-state index in [0.717, 1.165) is 11.3 Å². The van der Waals surface area contributed by atoms with Gasteiger partial charge in [0, 0.05) is 25.4 Å². The summed E-state index contributed by atoms with van der Waals surface area (Å²) >= 11 is 1.20. The molecule has 0 atom stereocenters. The first-order valence-electron chi connectivity index (χ1n) is 8.34. The minimum absolute atomic E-state index is 0.190. The van der Waals surface area contributed by atoms with Gasteiger partial charge in [-0.2, -0.15) is 0 Å². The minimum atomic E-state index is -0.247. The summed E-state index contributed by atoms with van der Waals surface area (Å²) in [6, 6.07) is 12.9. The van der Waals surface area contributed by atoms with Crippen LogP contribution in [0.4, 0.5) is 11.5 Å². The number of carbonyl (C=O) groups excluding carboxylic acids is 2. The van der Waals surface area contributed by atoms with Crippen LogP contribution in [0.15, 0.2) is 71.2 Å². The number of aromatic nitrogens is 1. The van der Waals surface area contributed by atoms with Crippen LogP contribution in [0.2, 0.25) is 0 Å². The number of pyridine rings is 1. The highest BCUT2D eigenvalue weighted by atomic mass is 32.2. The quantitative estimate of drug-likeness (QED) is 0.609. The van der Waals surface area contributed by atoms with Crippen molar-refractivity contribution in [3.8, 4) is 0 Å². The largest absolute Gasteiger partial charge is 0.311 e. The van der Waals surface area contributed by atoms with Crippen LogP contribution in [0.25, 0.3) is 5.57 Å². The number of aliphatic imine (C=N–C) groups is 1. The predicted molar refractivity (Wildman–Crippen MR) is 108 cm³/mol. The minimum Gasteiger partial charge on any atom is -0.311 e. The first-order chi connectivity index (χ1) is 13.1. The number of anilines is 1. The number of carbonyl (C=O) groups is 2. The van der Waals surface area contributed by atoms with Crippen LogP contribution in [0, 0.1) is 0 Å². The number of likely N-dealkylation sites (N-methyl/N-ethyl adjacent to an activating group) is 1. The lowest BCUT2D eigenvalue weighted by molar-refractivity contribution is -0.122. The molecule has 2 aliphatic rings. The maximum Gasteiger partial charge on any atom is 0.267 e. The summed E-state index contributed by atoms with van der Waals surface area (Å²) in [6.07, 6.45) is 3.28. The standard InChI is InChI=1S/C20H16N4O2S/c1-3-12-24-19(26)17(27-20(24)22-15-10-6-7-11-21-15)16-13-8-4-5-9-14(13)23(2)18(16)25/h3-11H,1,12H2,2H3/b17-16-,22-20+. The van der Waals surface area contributed by atoms with Crippen molar-refractivity contribution >= 4 is 45.8 Å². The van der Waals surface area contributed by atoms with Crippen molar-refractivity contribution in [3.63, 3.8) is 0 Å². The molecule has 0 saturated carbocycles. The van der Waals surface area contributed by atoms with Crippen LogP contribution in [0.3, 0.4) is 0 Å². The van der Waals surface area contributed by atoms with Gasteiger partial charge in [0.1, 0.15) is 0 Å². The lowest BCUT2D eigenvalue weighted by Gasteiger charge is -2.12. The van der Waals surface area contributed by atoms with E-state index in [-0.39, 0.29) is 11.8 Å². The van der Waals surface area contributed by atoms with Gasteiger partial charge in [-0.15, -0.1) is 6.58 Å². The molecule has 27 heavy (non-hydrogen) atoms. The normalized spacial score (nSPS) is 20.6. The molecule has 0 bridgehead atoms. The number of para-hydroxylation sites is 1. The van der Waals surface area contributed by atoms with Gasteiger partial charge in [-0.3, -0.25) is 14.5 Å². The molecular weight excluding hydrogens is 360 g/mol. The van der Waals surface area contributed by atoms with E-state index in [9.17, 15) is 9.59 Å². The second kappa shape index (κ2) is 6.85. The molecule has 1 fully saturated rings. The molecule has 1 aromatic heterocycles. The van der Waals surface area contributed by atoms with Crippen LogP contribution in [0.5, 0.6) is 0 Å². The van der Waals surface area contributed by atoms with E-state index >= 15 is 0 Å². The Balaban J connectivity index is 1.84. The fourth-order valence-corrected chi connectivity index (χ4v) is 4.12. The van der Waals surface area contributed by atoms with E-state index in [1.807, 2.05) is 30.3 Å². The van der Waals surface area contributed by atoms with Crippen molar-refractivity contribution in [2.75, 3.05) is 18.5 Å². The highest BCUT2D eigenvalue weighted by Crippen LogP contribution is 2.44. The number of amidine groups is 1. The Morgan fingerprint density at radius 1 is 1.15 bits per heavy atom. The molecule has 0 radical (unpaired) electrons. The Morgan fingerprint density at radius 3 is 2.67 bits per heavy atom. The maximum atomic E-state index is 13.1. The molecule has 6 nitrogen and oxygen atoms in total. The van der Waals surface area contributed by atoms with Crippen molar-refractivity contribution < 1.29 is 9.59 Å². The number of fused-ring (bicyclic) bond motifs is 1. The highest BCUT2D eigenvalue weighted by molar-refractivity contribution is 8.18. The van der Waals surface area contributed by atoms with Gasteiger partial charge in [-0.05, 0) is 30.0 Å². The summed E-state index contributed by atoms with van der Waals surface area (Å²) in [5.41, 5.74) is 1.98. The highest BCUT2D eigenvalue weighted by Gasteiger charge is 2.41. The number of hydrogen-bond acceptors (Lipinski definition) is 5. The number of benzene rings is 1. The molecule has 0 N–H and O–H groups in total. The molecule has 0 spiro atoms. The Hall–Kier alpha value is -3.19. The summed E-state index contributed by atoms with van der Waals surface area (Å²) in [5, 5.41) is 0.487. The summed E-state index contributed by atoms with van der Waals surface area (Å²) < 4.78 is 0. The fourth-order valence-electron chi connectivity index (χ4n) is 3.04. The third-order valence-corrected chi connectivity index (χ3v) is 5.39. The maximum absolute atomic E-state index is 13.1. The lowest BCUT2D eigenvalue weighted by atomic mass is 10.1. The van der Waals surface area contributed by atoms with Crippen molar-refractivity contribution in [2.45, 2.75) is 0 Å². The van der Waals surface area contributed by atoms with Gasteiger partial charge >= 0.3 is 0 Å². The smallest absolute Gasteiger partial charge is 0.267 e. The summed E-state index contributed by atoms with van der Waals surface area (Å²) in [7, 11) is 1.71. The van der Waals surface area contributed by atoms with E-state index in [0.29, 0.717) is 28.0 Å². The average molecular weight is 376 g/mol. The number of rotatable bonds is 3. The zero-order valence-electron chi connectivity index (χ0n) is 14.6. The molecule has 0 aliphatic carbocycles. The molecule has 2 amide bonds. The lowest BCUT2D eigenvalue weighted by Crippen LogP contribution is -2.29. The Morgan fingerprint density at radius 2 is 1.93 bits per heavy atom. The molecular formula is C20H16N4O2S. The number of nitrogens with zero attached hydrogens (tertiary/aromatic N) is 4. The number of amides is 2.